The van der Waals surface area contributed by atoms with Crippen molar-refractivity contribution in [3.8, 4) is 0 Å². The largest absolute Gasteiger partial charge is 0.378 e. The van der Waals surface area contributed by atoms with Crippen LogP contribution >= 0.6 is 0 Å². The van der Waals surface area contributed by atoms with E-state index in [1.165, 1.54) is 11.1 Å². The molecule has 0 radical (unpaired) electrons. The van der Waals surface area contributed by atoms with Gasteiger partial charge in [-0.05, 0) is 60.2 Å². The second kappa shape index (κ2) is 7.23. The molecule has 2 N–H and O–H groups in total. The van der Waals surface area contributed by atoms with Crippen LogP contribution in [0.3, 0.4) is 0 Å². The highest BCUT2D eigenvalue weighted by molar-refractivity contribution is 7.92. The Morgan fingerprint density at radius 2 is 1.72 bits per heavy atom. The number of hydrogen-bond acceptors (Lipinski definition) is 3. The van der Waals surface area contributed by atoms with Crippen LogP contribution in [0.1, 0.15) is 43.0 Å². The molecule has 1 aliphatic heterocycles. The number of aryl methyl sites for hydroxylation is 1. The highest BCUT2D eigenvalue weighted by Crippen LogP contribution is 2.44. The molecule has 5 heteroatoms. The topological polar surface area (TPSA) is 58.2 Å². The molecule has 1 aliphatic rings. The summed E-state index contributed by atoms with van der Waals surface area (Å²) in [5, 5.41) is 3.64. The second-order valence-corrected chi connectivity index (χ2v) is 10.1. The van der Waals surface area contributed by atoms with E-state index in [1.54, 1.807) is 36.4 Å². The van der Waals surface area contributed by atoms with E-state index in [9.17, 15) is 8.42 Å². The Labute approximate surface area is 173 Å². The van der Waals surface area contributed by atoms with E-state index in [4.69, 9.17) is 0 Å². The van der Waals surface area contributed by atoms with Crippen LogP contribution in [0.25, 0.3) is 0 Å². The Bertz CT molecular complexity index is 1140. The van der Waals surface area contributed by atoms with E-state index in [0.29, 0.717) is 5.69 Å². The maximum atomic E-state index is 12.7. The molecule has 4 nitrogen and oxygen atoms in total. The SMILES string of the molecule is Cc1ccc2c(c1)C(C)(C)CC(c1cccc(NS(=O)(=O)c3ccccc3)c1)N2. The summed E-state index contributed by atoms with van der Waals surface area (Å²) in [7, 11) is -3.61. The predicted octanol–water partition coefficient (Wildman–Crippen LogP) is 5.63. The first-order valence-corrected chi connectivity index (χ1v) is 11.3. The van der Waals surface area contributed by atoms with Crippen molar-refractivity contribution < 1.29 is 8.42 Å². The lowest BCUT2D eigenvalue weighted by molar-refractivity contribution is 0.427. The van der Waals surface area contributed by atoms with Crippen molar-refractivity contribution in [3.05, 3.63) is 89.5 Å². The third-order valence-corrected chi connectivity index (χ3v) is 6.94. The number of nitrogens with one attached hydrogen (secondary N) is 2. The van der Waals surface area contributed by atoms with Gasteiger partial charge in [0.2, 0.25) is 0 Å². The molecule has 3 aromatic rings. The number of benzene rings is 3. The lowest BCUT2D eigenvalue weighted by atomic mass is 9.73. The smallest absolute Gasteiger partial charge is 0.261 e. The van der Waals surface area contributed by atoms with Gasteiger partial charge < -0.3 is 5.32 Å². The molecular weight excluding hydrogens is 380 g/mol. The molecule has 0 spiro atoms. The van der Waals surface area contributed by atoms with Crippen LogP contribution < -0.4 is 10.0 Å². The van der Waals surface area contributed by atoms with Gasteiger partial charge in [-0.3, -0.25) is 4.72 Å². The Morgan fingerprint density at radius 1 is 0.966 bits per heavy atom. The summed E-state index contributed by atoms with van der Waals surface area (Å²) in [5.74, 6) is 0. The van der Waals surface area contributed by atoms with Gasteiger partial charge in [-0.25, -0.2) is 8.42 Å². The molecule has 1 atom stereocenters. The molecular formula is C24H26N2O2S. The fourth-order valence-corrected chi connectivity index (χ4v) is 5.11. The van der Waals surface area contributed by atoms with Gasteiger partial charge in [0.25, 0.3) is 10.0 Å². The standard InChI is InChI=1S/C24H26N2O2S/c1-17-12-13-22-21(14-17)24(2,3)16-23(25-22)18-8-7-9-19(15-18)26-29(27,28)20-10-5-4-6-11-20/h4-15,23,25-26H,16H2,1-3H3. The molecule has 150 valence electrons. The number of hydrogen-bond donors (Lipinski definition) is 2. The number of anilines is 2. The normalized spacial score (nSPS) is 17.8. The Balaban J connectivity index is 1.62. The summed E-state index contributed by atoms with van der Waals surface area (Å²) in [4.78, 5) is 0.256. The van der Waals surface area contributed by atoms with Crippen LogP contribution in [0.5, 0.6) is 0 Å². The molecule has 0 amide bonds. The van der Waals surface area contributed by atoms with E-state index >= 15 is 0 Å². The molecule has 0 aliphatic carbocycles. The first kappa shape index (κ1) is 19.5. The van der Waals surface area contributed by atoms with Crippen LogP contribution in [0, 0.1) is 6.92 Å². The quantitative estimate of drug-likeness (QED) is 0.590. The van der Waals surface area contributed by atoms with E-state index in [0.717, 1.165) is 17.7 Å². The fraction of sp³-hybridized carbons (Fsp3) is 0.250. The van der Waals surface area contributed by atoms with Crippen LogP contribution in [0.4, 0.5) is 11.4 Å². The number of rotatable bonds is 4. The summed E-state index contributed by atoms with van der Waals surface area (Å²) in [6.07, 6.45) is 0.929. The summed E-state index contributed by atoms with van der Waals surface area (Å²) < 4.78 is 28.0. The zero-order valence-electron chi connectivity index (χ0n) is 16.9. The average Bonchev–Trinajstić information content (AvgIpc) is 2.69. The van der Waals surface area contributed by atoms with Gasteiger partial charge in [0.05, 0.1) is 10.9 Å². The van der Waals surface area contributed by atoms with E-state index in [2.05, 4.69) is 49.0 Å². The van der Waals surface area contributed by atoms with Crippen molar-refractivity contribution >= 4 is 21.4 Å². The highest BCUT2D eigenvalue weighted by atomic mass is 32.2. The number of fused-ring (bicyclic) bond motifs is 1. The van der Waals surface area contributed by atoms with E-state index in [1.807, 2.05) is 18.2 Å². The lowest BCUT2D eigenvalue weighted by Crippen LogP contribution is -2.31. The van der Waals surface area contributed by atoms with Gasteiger partial charge in [0.1, 0.15) is 0 Å². The third-order valence-electron chi connectivity index (χ3n) is 5.54. The van der Waals surface area contributed by atoms with Gasteiger partial charge in [-0.2, -0.15) is 0 Å². The molecule has 0 saturated heterocycles. The maximum absolute atomic E-state index is 12.7. The predicted molar refractivity (Wildman–Crippen MR) is 119 cm³/mol. The molecule has 0 saturated carbocycles. The zero-order chi connectivity index (χ0) is 20.6. The van der Waals surface area contributed by atoms with Crippen molar-refractivity contribution in [1.82, 2.24) is 0 Å². The average molecular weight is 407 g/mol. The third kappa shape index (κ3) is 4.01. The monoisotopic (exact) mass is 406 g/mol. The zero-order valence-corrected chi connectivity index (χ0v) is 17.8. The van der Waals surface area contributed by atoms with Gasteiger partial charge in [-0.15, -0.1) is 0 Å². The Morgan fingerprint density at radius 3 is 2.48 bits per heavy atom. The van der Waals surface area contributed by atoms with Crippen LogP contribution in [0.2, 0.25) is 0 Å². The number of sulfonamides is 1. The van der Waals surface area contributed by atoms with Gasteiger partial charge in [0, 0.05) is 11.4 Å². The van der Waals surface area contributed by atoms with Crippen molar-refractivity contribution in [2.75, 3.05) is 10.0 Å². The first-order valence-electron chi connectivity index (χ1n) is 9.80. The van der Waals surface area contributed by atoms with Crippen molar-refractivity contribution in [2.24, 2.45) is 0 Å². The van der Waals surface area contributed by atoms with Crippen molar-refractivity contribution in [3.63, 3.8) is 0 Å². The maximum Gasteiger partial charge on any atom is 0.261 e. The second-order valence-electron chi connectivity index (χ2n) is 8.38. The minimum atomic E-state index is -3.61. The van der Waals surface area contributed by atoms with E-state index in [-0.39, 0.29) is 16.4 Å². The van der Waals surface area contributed by atoms with Crippen molar-refractivity contribution in [1.29, 1.82) is 0 Å². The van der Waals surface area contributed by atoms with E-state index < -0.39 is 10.0 Å². The van der Waals surface area contributed by atoms with Crippen molar-refractivity contribution in [2.45, 2.75) is 43.5 Å². The molecule has 29 heavy (non-hydrogen) atoms. The molecule has 1 unspecified atom stereocenters. The van der Waals surface area contributed by atoms with Crippen LogP contribution in [0.15, 0.2) is 77.7 Å². The fourth-order valence-electron chi connectivity index (χ4n) is 4.04. The van der Waals surface area contributed by atoms with Gasteiger partial charge in [0.15, 0.2) is 0 Å². The molecule has 3 aromatic carbocycles. The van der Waals surface area contributed by atoms with Gasteiger partial charge in [-0.1, -0.05) is 61.9 Å². The highest BCUT2D eigenvalue weighted by Gasteiger charge is 2.33. The van der Waals surface area contributed by atoms with Crippen LogP contribution in [-0.2, 0) is 15.4 Å². The minimum absolute atomic E-state index is 0.0246. The lowest BCUT2D eigenvalue weighted by Gasteiger charge is -2.39. The van der Waals surface area contributed by atoms with Gasteiger partial charge >= 0.3 is 0 Å². The first-order chi connectivity index (χ1) is 13.7. The molecule has 0 fully saturated rings. The Kier molecular flexibility index (Phi) is 4.87. The summed E-state index contributed by atoms with van der Waals surface area (Å²) in [5.41, 5.74) is 5.39. The minimum Gasteiger partial charge on any atom is -0.378 e. The molecule has 4 rings (SSSR count). The summed E-state index contributed by atoms with van der Waals surface area (Å²) >= 11 is 0. The summed E-state index contributed by atoms with van der Waals surface area (Å²) in [6, 6.07) is 22.7. The molecule has 1 heterocycles. The molecule has 0 aromatic heterocycles. The van der Waals surface area contributed by atoms with Crippen LogP contribution in [-0.4, -0.2) is 8.42 Å². The molecule has 0 bridgehead atoms. The Hall–Kier alpha value is -2.79. The summed E-state index contributed by atoms with van der Waals surface area (Å²) in [6.45, 7) is 6.65.